The molecule has 0 spiro atoms. The Balaban J connectivity index is 2.59. The van der Waals surface area contributed by atoms with Gasteiger partial charge in [-0.2, -0.15) is 0 Å². The van der Waals surface area contributed by atoms with Gasteiger partial charge in [0.25, 0.3) is 0 Å². The number of benzene rings is 1. The smallest absolute Gasteiger partial charge is 0.339 e. The summed E-state index contributed by atoms with van der Waals surface area (Å²) in [6.45, 7) is 1.94. The van der Waals surface area contributed by atoms with Gasteiger partial charge in [-0.15, -0.1) is 0 Å². The molecular weight excluding hydrogens is 228 g/mol. The van der Waals surface area contributed by atoms with Crippen LogP contribution in [0.1, 0.15) is 12.5 Å². The van der Waals surface area contributed by atoms with Crippen LogP contribution in [0.15, 0.2) is 30.3 Å². The van der Waals surface area contributed by atoms with Gasteiger partial charge in [-0.3, -0.25) is 0 Å². The summed E-state index contributed by atoms with van der Waals surface area (Å²) in [6.07, 6.45) is 1.79. The van der Waals surface area contributed by atoms with Crippen molar-refractivity contribution in [3.63, 3.8) is 0 Å². The van der Waals surface area contributed by atoms with Gasteiger partial charge in [0.1, 0.15) is 0 Å². The van der Waals surface area contributed by atoms with Gasteiger partial charge in [-0.05, 0) is 30.7 Å². The maximum absolute atomic E-state index is 11.1. The van der Waals surface area contributed by atoms with Crippen LogP contribution in [0.4, 0.5) is 0 Å². The lowest BCUT2D eigenvalue weighted by atomic mass is 10.2. The number of esters is 1. The van der Waals surface area contributed by atoms with Crippen LogP contribution in [-0.2, 0) is 9.53 Å². The number of ether oxygens (including phenoxy) is 1. The van der Waals surface area contributed by atoms with Crippen LogP contribution in [0.3, 0.4) is 0 Å². The number of rotatable bonds is 4. The molecule has 1 aromatic carbocycles. The zero-order chi connectivity index (χ0) is 12.0. The Labute approximate surface area is 99.3 Å². The molecule has 0 bridgehead atoms. The molecule has 0 unspecified atom stereocenters. The minimum Gasteiger partial charge on any atom is -0.464 e. The van der Waals surface area contributed by atoms with Gasteiger partial charge in [-0.25, -0.2) is 4.79 Å². The second kappa shape index (κ2) is 6.30. The Morgan fingerprint density at radius 2 is 2.12 bits per heavy atom. The summed E-state index contributed by atoms with van der Waals surface area (Å²) < 4.78 is 4.65. The van der Waals surface area contributed by atoms with Crippen LogP contribution >= 0.6 is 11.6 Å². The number of aliphatic hydroxyl groups excluding tert-OH is 1. The molecule has 86 valence electrons. The third-order valence-electron chi connectivity index (χ3n) is 1.87. The van der Waals surface area contributed by atoms with E-state index in [9.17, 15) is 9.90 Å². The third-order valence-corrected chi connectivity index (χ3v) is 2.12. The highest BCUT2D eigenvalue weighted by Gasteiger charge is 2.11. The van der Waals surface area contributed by atoms with E-state index in [0.717, 1.165) is 5.56 Å². The van der Waals surface area contributed by atoms with Crippen LogP contribution in [0.25, 0.3) is 6.08 Å². The first-order chi connectivity index (χ1) is 7.63. The first-order valence-electron chi connectivity index (χ1n) is 4.92. The summed E-state index contributed by atoms with van der Waals surface area (Å²) in [5, 5.41) is 10.0. The van der Waals surface area contributed by atoms with Crippen molar-refractivity contribution in [1.29, 1.82) is 0 Å². The molecule has 16 heavy (non-hydrogen) atoms. The third kappa shape index (κ3) is 4.04. The van der Waals surface area contributed by atoms with Gasteiger partial charge >= 0.3 is 5.97 Å². The van der Waals surface area contributed by atoms with Gasteiger partial charge in [0, 0.05) is 5.02 Å². The van der Waals surface area contributed by atoms with Crippen molar-refractivity contribution in [3.05, 3.63) is 40.9 Å². The monoisotopic (exact) mass is 240 g/mol. The number of hydrogen-bond donors (Lipinski definition) is 1. The van der Waals surface area contributed by atoms with E-state index >= 15 is 0 Å². The molecule has 0 fully saturated rings. The fourth-order valence-electron chi connectivity index (χ4n) is 1.08. The molecule has 3 nitrogen and oxygen atoms in total. The summed E-state index contributed by atoms with van der Waals surface area (Å²) in [6, 6.07) is 7.05. The molecule has 1 N–H and O–H groups in total. The summed E-state index contributed by atoms with van der Waals surface area (Å²) in [7, 11) is 0. The van der Waals surface area contributed by atoms with Crippen molar-refractivity contribution in [2.24, 2.45) is 0 Å². The number of aliphatic hydroxyl groups is 1. The summed E-state index contributed by atoms with van der Waals surface area (Å²) in [5.41, 5.74) is 0.854. The standard InChI is InChI=1S/C12H13ClO3/c1-2-16-12(15)11(14)8-5-9-3-6-10(13)7-4-9/h3-8,11,14H,2H2,1H3/b8-5+/t11-/m0/s1. The molecule has 0 saturated heterocycles. The first-order valence-corrected chi connectivity index (χ1v) is 5.29. The maximum Gasteiger partial charge on any atom is 0.339 e. The van der Waals surface area contributed by atoms with E-state index < -0.39 is 12.1 Å². The predicted octanol–water partition coefficient (Wildman–Crippen LogP) is 2.28. The highest BCUT2D eigenvalue weighted by Crippen LogP contribution is 2.10. The van der Waals surface area contributed by atoms with Crippen LogP contribution in [0, 0.1) is 0 Å². The summed E-state index contributed by atoms with van der Waals surface area (Å²) in [5.74, 6) is -0.646. The number of carbonyl (C=O) groups is 1. The fraction of sp³-hybridized carbons (Fsp3) is 0.250. The Morgan fingerprint density at radius 3 is 2.69 bits per heavy atom. The highest BCUT2D eigenvalue weighted by atomic mass is 35.5. The van der Waals surface area contributed by atoms with Crippen molar-refractivity contribution < 1.29 is 14.6 Å². The predicted molar refractivity (Wildman–Crippen MR) is 63.1 cm³/mol. The topological polar surface area (TPSA) is 46.5 Å². The molecule has 0 aromatic heterocycles. The Bertz CT molecular complexity index is 370. The van der Waals surface area contributed by atoms with Crippen LogP contribution in [-0.4, -0.2) is 23.8 Å². The maximum atomic E-state index is 11.1. The lowest BCUT2D eigenvalue weighted by molar-refractivity contribution is -0.150. The molecular formula is C12H13ClO3. The van der Waals surface area contributed by atoms with E-state index in [1.807, 2.05) is 0 Å². The van der Waals surface area contributed by atoms with E-state index in [-0.39, 0.29) is 6.61 Å². The van der Waals surface area contributed by atoms with E-state index in [1.54, 1.807) is 37.3 Å². The minimum absolute atomic E-state index is 0.255. The van der Waals surface area contributed by atoms with Crippen molar-refractivity contribution in [2.45, 2.75) is 13.0 Å². The molecule has 1 aromatic rings. The van der Waals surface area contributed by atoms with Crippen molar-refractivity contribution in [1.82, 2.24) is 0 Å². The van der Waals surface area contributed by atoms with E-state index in [1.165, 1.54) is 6.08 Å². The highest BCUT2D eigenvalue weighted by molar-refractivity contribution is 6.30. The Hall–Kier alpha value is -1.32. The van der Waals surface area contributed by atoms with Gasteiger partial charge in [-0.1, -0.05) is 29.8 Å². The normalized spacial score (nSPS) is 12.7. The Kier molecular flexibility index (Phi) is 5.02. The van der Waals surface area contributed by atoms with Gasteiger partial charge in [0.15, 0.2) is 6.10 Å². The largest absolute Gasteiger partial charge is 0.464 e. The molecule has 0 heterocycles. The van der Waals surface area contributed by atoms with Crippen molar-refractivity contribution in [2.75, 3.05) is 6.61 Å². The van der Waals surface area contributed by atoms with E-state index in [4.69, 9.17) is 11.6 Å². The van der Waals surface area contributed by atoms with Crippen molar-refractivity contribution >= 4 is 23.6 Å². The molecule has 1 rings (SSSR count). The molecule has 0 amide bonds. The lowest BCUT2D eigenvalue weighted by Gasteiger charge is -2.04. The van der Waals surface area contributed by atoms with Crippen LogP contribution in [0.2, 0.25) is 5.02 Å². The van der Waals surface area contributed by atoms with Gasteiger partial charge < -0.3 is 9.84 Å². The molecule has 0 aliphatic carbocycles. The molecule has 0 aliphatic rings. The zero-order valence-electron chi connectivity index (χ0n) is 8.89. The number of hydrogen-bond acceptors (Lipinski definition) is 3. The van der Waals surface area contributed by atoms with E-state index in [0.29, 0.717) is 5.02 Å². The Morgan fingerprint density at radius 1 is 1.50 bits per heavy atom. The summed E-state index contributed by atoms with van der Waals surface area (Å²) >= 11 is 5.72. The zero-order valence-corrected chi connectivity index (χ0v) is 9.65. The fourth-order valence-corrected chi connectivity index (χ4v) is 1.21. The summed E-state index contributed by atoms with van der Waals surface area (Å²) in [4.78, 5) is 11.1. The van der Waals surface area contributed by atoms with Crippen LogP contribution < -0.4 is 0 Å². The van der Waals surface area contributed by atoms with Gasteiger partial charge in [0.05, 0.1) is 6.61 Å². The van der Waals surface area contributed by atoms with E-state index in [2.05, 4.69) is 4.74 Å². The second-order valence-corrected chi connectivity index (χ2v) is 3.54. The molecule has 0 aliphatic heterocycles. The first kappa shape index (κ1) is 12.7. The molecule has 1 atom stereocenters. The van der Waals surface area contributed by atoms with Crippen LogP contribution in [0.5, 0.6) is 0 Å². The SMILES string of the molecule is CCOC(=O)[C@@H](O)/C=C/c1ccc(Cl)cc1. The molecule has 4 heteroatoms. The number of carbonyl (C=O) groups excluding carboxylic acids is 1. The molecule has 0 saturated carbocycles. The average Bonchev–Trinajstić information content (AvgIpc) is 2.28. The lowest BCUT2D eigenvalue weighted by Crippen LogP contribution is -2.20. The van der Waals surface area contributed by atoms with Crippen molar-refractivity contribution in [3.8, 4) is 0 Å². The van der Waals surface area contributed by atoms with Gasteiger partial charge in [0.2, 0.25) is 0 Å². The quantitative estimate of drug-likeness (QED) is 0.822. The average molecular weight is 241 g/mol. The minimum atomic E-state index is -1.23. The second-order valence-electron chi connectivity index (χ2n) is 3.11. The number of halogens is 1. The molecule has 0 radical (unpaired) electrons.